The van der Waals surface area contributed by atoms with Crippen LogP contribution in [0.4, 0.5) is 0 Å². The van der Waals surface area contributed by atoms with E-state index in [9.17, 15) is 4.79 Å². The minimum absolute atomic E-state index is 0.0207. The van der Waals surface area contributed by atoms with E-state index in [0.29, 0.717) is 5.75 Å². The molecule has 1 heterocycles. The van der Waals surface area contributed by atoms with E-state index < -0.39 is 0 Å². The molecule has 3 nitrogen and oxygen atoms in total. The van der Waals surface area contributed by atoms with Crippen molar-refractivity contribution in [3.63, 3.8) is 0 Å². The number of thiophene rings is 1. The Morgan fingerprint density at radius 1 is 1.50 bits per heavy atom. The van der Waals surface area contributed by atoms with E-state index in [1.165, 1.54) is 4.88 Å². The third-order valence-corrected chi connectivity index (χ3v) is 5.52. The minimum Gasteiger partial charge on any atom is -0.353 e. The van der Waals surface area contributed by atoms with Crippen LogP contribution in [0.15, 0.2) is 15.9 Å². The number of amides is 1. The fraction of sp³-hybridized carbons (Fsp3) is 0.583. The first-order valence-corrected chi connectivity index (χ1v) is 8.47. The zero-order chi connectivity index (χ0) is 13.7. The average molecular weight is 351 g/mol. The molecule has 0 saturated carbocycles. The topological polar surface area (TPSA) is 55.1 Å². The molecular formula is C12H19BrN2OS2. The van der Waals surface area contributed by atoms with E-state index in [-0.39, 0.29) is 23.2 Å². The highest BCUT2D eigenvalue weighted by molar-refractivity contribution is 9.11. The number of carbonyl (C=O) groups is 1. The van der Waals surface area contributed by atoms with Gasteiger partial charge in [-0.05, 0) is 48.8 Å². The molecule has 2 unspecified atom stereocenters. The molecule has 1 aromatic rings. The van der Waals surface area contributed by atoms with Crippen LogP contribution >= 0.6 is 39.0 Å². The molecule has 1 rings (SSSR count). The highest BCUT2D eigenvalue weighted by Crippen LogP contribution is 2.37. The first-order chi connectivity index (χ1) is 8.40. The molecule has 0 aromatic carbocycles. The van der Waals surface area contributed by atoms with Gasteiger partial charge in [0.25, 0.3) is 0 Å². The Morgan fingerprint density at radius 3 is 2.61 bits per heavy atom. The van der Waals surface area contributed by atoms with Crippen molar-refractivity contribution in [2.75, 3.05) is 5.75 Å². The maximum absolute atomic E-state index is 11.6. The predicted molar refractivity (Wildman–Crippen MR) is 84.1 cm³/mol. The summed E-state index contributed by atoms with van der Waals surface area (Å²) in [6, 6.07) is 4.29. The molecule has 1 amide bonds. The number of halogens is 1. The van der Waals surface area contributed by atoms with Crippen molar-refractivity contribution in [1.82, 2.24) is 5.32 Å². The van der Waals surface area contributed by atoms with Gasteiger partial charge in [0.15, 0.2) is 0 Å². The molecule has 0 spiro atoms. The van der Waals surface area contributed by atoms with Crippen molar-refractivity contribution >= 4 is 44.9 Å². The fourth-order valence-electron chi connectivity index (χ4n) is 1.50. The van der Waals surface area contributed by atoms with Gasteiger partial charge in [0.05, 0.1) is 14.8 Å². The van der Waals surface area contributed by atoms with Crippen molar-refractivity contribution in [3.8, 4) is 0 Å². The van der Waals surface area contributed by atoms with E-state index in [1.54, 1.807) is 23.1 Å². The summed E-state index contributed by atoms with van der Waals surface area (Å²) in [5, 5.41) is 3.05. The van der Waals surface area contributed by atoms with Crippen LogP contribution in [0.25, 0.3) is 0 Å². The zero-order valence-corrected chi connectivity index (χ0v) is 14.0. The fourth-order valence-corrected chi connectivity index (χ4v) is 4.33. The van der Waals surface area contributed by atoms with Crippen LogP contribution in [0.3, 0.4) is 0 Å². The molecule has 0 radical (unpaired) electrons. The second-order valence-corrected chi connectivity index (χ2v) is 8.08. The van der Waals surface area contributed by atoms with Gasteiger partial charge in [-0.25, -0.2) is 0 Å². The highest BCUT2D eigenvalue weighted by atomic mass is 79.9. The highest BCUT2D eigenvalue weighted by Gasteiger charge is 2.20. The van der Waals surface area contributed by atoms with Gasteiger partial charge >= 0.3 is 0 Å². The normalized spacial score (nSPS) is 14.6. The van der Waals surface area contributed by atoms with Gasteiger partial charge in [0, 0.05) is 17.0 Å². The smallest absolute Gasteiger partial charge is 0.230 e. The largest absolute Gasteiger partial charge is 0.353 e. The molecule has 0 fully saturated rings. The van der Waals surface area contributed by atoms with Crippen molar-refractivity contribution in [2.45, 2.75) is 38.1 Å². The molecule has 0 aliphatic heterocycles. The average Bonchev–Trinajstić information content (AvgIpc) is 2.63. The van der Waals surface area contributed by atoms with Crippen molar-refractivity contribution in [1.29, 1.82) is 0 Å². The summed E-state index contributed by atoms with van der Waals surface area (Å²) < 4.78 is 1.09. The predicted octanol–water partition coefficient (Wildman–Crippen LogP) is 3.16. The summed E-state index contributed by atoms with van der Waals surface area (Å²) >= 11 is 6.72. The van der Waals surface area contributed by atoms with Crippen LogP contribution in [0.5, 0.6) is 0 Å². The molecule has 1 aromatic heterocycles. The first kappa shape index (κ1) is 16.0. The molecule has 6 heteroatoms. The Balaban J connectivity index is 2.57. The first-order valence-electron chi connectivity index (χ1n) is 5.82. The maximum atomic E-state index is 11.6. The summed E-state index contributed by atoms with van der Waals surface area (Å²) in [4.78, 5) is 12.8. The Hall–Kier alpha value is -0.0400. The van der Waals surface area contributed by atoms with Gasteiger partial charge in [-0.1, -0.05) is 0 Å². The van der Waals surface area contributed by atoms with Crippen molar-refractivity contribution < 1.29 is 4.79 Å². The molecule has 0 bridgehead atoms. The van der Waals surface area contributed by atoms with Crippen molar-refractivity contribution in [3.05, 3.63) is 20.8 Å². The second-order valence-electron chi connectivity index (χ2n) is 4.45. The van der Waals surface area contributed by atoms with Crippen LogP contribution in [0, 0.1) is 0 Å². The Bertz CT molecular complexity index is 393. The van der Waals surface area contributed by atoms with Gasteiger partial charge in [0.1, 0.15) is 0 Å². The molecule has 0 aliphatic carbocycles. The Morgan fingerprint density at radius 2 is 2.17 bits per heavy atom. The van der Waals surface area contributed by atoms with Gasteiger partial charge in [-0.15, -0.1) is 23.1 Å². The summed E-state index contributed by atoms with van der Waals surface area (Å²) in [7, 11) is 0. The summed E-state index contributed by atoms with van der Waals surface area (Å²) in [5.41, 5.74) is 6.00. The van der Waals surface area contributed by atoms with Gasteiger partial charge in [-0.3, -0.25) is 4.79 Å². The number of nitrogens with one attached hydrogen (secondary N) is 1. The van der Waals surface area contributed by atoms with Crippen LogP contribution in [-0.2, 0) is 4.79 Å². The summed E-state index contributed by atoms with van der Waals surface area (Å²) in [5.74, 6) is 0.510. The molecule has 0 saturated heterocycles. The van der Waals surface area contributed by atoms with Crippen LogP contribution < -0.4 is 11.1 Å². The maximum Gasteiger partial charge on any atom is 0.230 e. The lowest BCUT2D eigenvalue weighted by Gasteiger charge is -2.19. The number of rotatable bonds is 6. The van der Waals surface area contributed by atoms with Crippen LogP contribution in [0.2, 0.25) is 0 Å². The van der Waals surface area contributed by atoms with Gasteiger partial charge < -0.3 is 11.1 Å². The summed E-state index contributed by atoms with van der Waals surface area (Å²) in [6.07, 6.45) is 0. The lowest BCUT2D eigenvalue weighted by molar-refractivity contribution is -0.119. The number of hydrogen-bond donors (Lipinski definition) is 2. The van der Waals surface area contributed by atoms with Gasteiger partial charge in [-0.2, -0.15) is 0 Å². The molecule has 2 atom stereocenters. The third-order valence-electron chi connectivity index (χ3n) is 2.20. The lowest BCUT2D eigenvalue weighted by Crippen LogP contribution is -2.32. The second kappa shape index (κ2) is 7.53. The van der Waals surface area contributed by atoms with Gasteiger partial charge in [0.2, 0.25) is 5.91 Å². The molecule has 0 aliphatic rings. The van der Waals surface area contributed by atoms with Crippen LogP contribution in [-0.4, -0.2) is 23.7 Å². The lowest BCUT2D eigenvalue weighted by atomic mass is 10.2. The Labute approximate surface area is 125 Å². The quantitative estimate of drug-likeness (QED) is 0.828. The van der Waals surface area contributed by atoms with E-state index in [4.69, 9.17) is 5.73 Å². The summed E-state index contributed by atoms with van der Waals surface area (Å²) in [6.45, 7) is 5.90. The monoisotopic (exact) mass is 350 g/mol. The molecule has 3 N–H and O–H groups in total. The molecule has 18 heavy (non-hydrogen) atoms. The standard InChI is InChI=1S/C12H19BrN2OS2/c1-7(2)15-11(16)6-17-12(8(3)14)9-4-5-10(13)18-9/h4-5,7-8,12H,6,14H2,1-3H3,(H,15,16). The van der Waals surface area contributed by atoms with Crippen molar-refractivity contribution in [2.24, 2.45) is 5.73 Å². The number of carbonyl (C=O) groups excluding carboxylic acids is 1. The van der Waals surface area contributed by atoms with E-state index >= 15 is 0 Å². The number of nitrogens with two attached hydrogens (primary N) is 1. The van der Waals surface area contributed by atoms with Crippen LogP contribution in [0.1, 0.15) is 30.9 Å². The minimum atomic E-state index is 0.0207. The number of hydrogen-bond acceptors (Lipinski definition) is 4. The van der Waals surface area contributed by atoms with E-state index in [1.807, 2.05) is 26.8 Å². The molecular weight excluding hydrogens is 332 g/mol. The van der Waals surface area contributed by atoms with E-state index in [2.05, 4.69) is 27.3 Å². The number of thioether (sulfide) groups is 1. The SMILES string of the molecule is CC(C)NC(=O)CSC(c1ccc(Br)s1)C(C)N. The van der Waals surface area contributed by atoms with E-state index in [0.717, 1.165) is 3.79 Å². The zero-order valence-electron chi connectivity index (χ0n) is 10.8. The third kappa shape index (κ3) is 5.30. The molecule has 102 valence electrons. The Kier molecular flexibility index (Phi) is 6.70.